The fourth-order valence-electron chi connectivity index (χ4n) is 2.48. The van der Waals surface area contributed by atoms with E-state index in [2.05, 4.69) is 5.32 Å². The lowest BCUT2D eigenvalue weighted by atomic mass is 10.1. The van der Waals surface area contributed by atoms with Gasteiger partial charge in [-0.2, -0.15) is 0 Å². The lowest BCUT2D eigenvalue weighted by Gasteiger charge is -2.14. The van der Waals surface area contributed by atoms with Crippen molar-refractivity contribution < 1.29 is 14.8 Å². The summed E-state index contributed by atoms with van der Waals surface area (Å²) in [6.07, 6.45) is 1.46. The Morgan fingerprint density at radius 2 is 2.04 bits per heavy atom. The summed E-state index contributed by atoms with van der Waals surface area (Å²) in [5.41, 5.74) is 1.79. The van der Waals surface area contributed by atoms with E-state index in [1.54, 1.807) is 6.07 Å². The van der Waals surface area contributed by atoms with E-state index in [0.29, 0.717) is 11.3 Å². The molecular formula is C17H13N3O4S. The minimum atomic E-state index is -0.690. The second-order valence-corrected chi connectivity index (χ2v) is 5.86. The molecule has 0 aromatic heterocycles. The molecule has 0 saturated carbocycles. The maximum atomic E-state index is 12.6. The van der Waals surface area contributed by atoms with Gasteiger partial charge in [0.05, 0.1) is 10.6 Å². The molecule has 1 saturated heterocycles. The number of benzene rings is 2. The van der Waals surface area contributed by atoms with Crippen LogP contribution in [0.25, 0.3) is 6.08 Å². The van der Waals surface area contributed by atoms with Gasteiger partial charge in [-0.3, -0.25) is 19.8 Å². The van der Waals surface area contributed by atoms with Gasteiger partial charge in [0.1, 0.15) is 5.70 Å². The molecule has 0 radical (unpaired) electrons. The van der Waals surface area contributed by atoms with Gasteiger partial charge in [-0.05, 0) is 54.5 Å². The predicted molar refractivity (Wildman–Crippen MR) is 97.1 cm³/mol. The van der Waals surface area contributed by atoms with Gasteiger partial charge in [0.2, 0.25) is 0 Å². The van der Waals surface area contributed by atoms with Crippen molar-refractivity contribution in [1.82, 2.24) is 5.32 Å². The molecule has 25 heavy (non-hydrogen) atoms. The molecule has 8 heteroatoms. The van der Waals surface area contributed by atoms with Gasteiger partial charge in [-0.1, -0.05) is 18.2 Å². The monoisotopic (exact) mass is 355 g/mol. The third-order valence-corrected chi connectivity index (χ3v) is 3.93. The Morgan fingerprint density at radius 1 is 1.28 bits per heavy atom. The second-order valence-electron chi connectivity index (χ2n) is 5.47. The molecule has 0 unspecified atom stereocenters. The Morgan fingerprint density at radius 3 is 2.72 bits per heavy atom. The number of phenols is 1. The van der Waals surface area contributed by atoms with E-state index in [1.165, 1.54) is 29.2 Å². The van der Waals surface area contributed by atoms with E-state index in [1.807, 2.05) is 25.1 Å². The summed E-state index contributed by atoms with van der Waals surface area (Å²) in [7, 11) is 0. The summed E-state index contributed by atoms with van der Waals surface area (Å²) in [6, 6.07) is 11.2. The largest absolute Gasteiger partial charge is 0.502 e. The van der Waals surface area contributed by atoms with Gasteiger partial charge >= 0.3 is 5.69 Å². The first-order valence-electron chi connectivity index (χ1n) is 7.28. The van der Waals surface area contributed by atoms with Crippen molar-refractivity contribution in [3.8, 4) is 5.75 Å². The Hall–Kier alpha value is -3.26. The number of rotatable bonds is 3. The summed E-state index contributed by atoms with van der Waals surface area (Å²) < 4.78 is 0. The van der Waals surface area contributed by atoms with Crippen LogP contribution in [-0.2, 0) is 4.79 Å². The maximum absolute atomic E-state index is 12.6. The van der Waals surface area contributed by atoms with E-state index in [0.717, 1.165) is 5.56 Å². The maximum Gasteiger partial charge on any atom is 0.311 e. The summed E-state index contributed by atoms with van der Waals surface area (Å²) >= 11 is 5.23. The van der Waals surface area contributed by atoms with E-state index in [-0.39, 0.29) is 16.7 Å². The number of anilines is 1. The molecule has 0 spiro atoms. The third-order valence-electron chi connectivity index (χ3n) is 3.65. The number of thiocarbonyl (C=S) groups is 1. The lowest BCUT2D eigenvalue weighted by molar-refractivity contribution is -0.385. The summed E-state index contributed by atoms with van der Waals surface area (Å²) in [5.74, 6) is -0.791. The zero-order valence-electron chi connectivity index (χ0n) is 13.1. The van der Waals surface area contributed by atoms with Crippen LogP contribution in [-0.4, -0.2) is 21.0 Å². The molecule has 1 aliphatic heterocycles. The minimum Gasteiger partial charge on any atom is -0.502 e. The highest BCUT2D eigenvalue weighted by molar-refractivity contribution is 7.80. The average molecular weight is 355 g/mol. The number of aryl methyl sites for hydroxylation is 1. The molecule has 126 valence electrons. The molecular weight excluding hydrogens is 342 g/mol. The lowest BCUT2D eigenvalue weighted by Crippen LogP contribution is -2.30. The molecule has 0 aliphatic carbocycles. The molecule has 1 fully saturated rings. The highest BCUT2D eigenvalue weighted by Gasteiger charge is 2.32. The van der Waals surface area contributed by atoms with Crippen molar-refractivity contribution in [1.29, 1.82) is 0 Å². The van der Waals surface area contributed by atoms with Crippen molar-refractivity contribution in [2.45, 2.75) is 6.92 Å². The third kappa shape index (κ3) is 3.20. The highest BCUT2D eigenvalue weighted by Crippen LogP contribution is 2.28. The number of aromatic hydroxyl groups is 1. The van der Waals surface area contributed by atoms with Crippen LogP contribution in [0.5, 0.6) is 5.75 Å². The van der Waals surface area contributed by atoms with Crippen LogP contribution in [0.15, 0.2) is 48.2 Å². The van der Waals surface area contributed by atoms with Gasteiger partial charge in [0.15, 0.2) is 10.9 Å². The summed E-state index contributed by atoms with van der Waals surface area (Å²) in [4.78, 5) is 24.2. The first-order valence-corrected chi connectivity index (χ1v) is 7.69. The van der Waals surface area contributed by atoms with Gasteiger partial charge < -0.3 is 10.4 Å². The number of nitrogens with zero attached hydrogens (tertiary/aromatic N) is 2. The van der Waals surface area contributed by atoms with Crippen LogP contribution in [0.4, 0.5) is 11.4 Å². The normalized spacial score (nSPS) is 15.6. The standard InChI is InChI=1S/C17H13N3O4S/c1-10-3-2-4-12(7-10)19-16(22)13(18-17(19)25)8-11-5-6-15(21)14(9-11)20(23)24/h2-9,21H,1H3,(H,18,25)/b13-8+. The number of phenolic OH excluding ortho intramolecular Hbond substituents is 1. The number of carbonyl (C=O) groups excluding carboxylic acids is 1. The number of carbonyl (C=O) groups is 1. The molecule has 1 aliphatic rings. The number of hydrogen-bond donors (Lipinski definition) is 2. The molecule has 3 rings (SSSR count). The SMILES string of the molecule is Cc1cccc(N2C(=O)/C(=C\c3ccc(O)c([N+](=O)[O-])c3)NC2=S)c1. The zero-order chi connectivity index (χ0) is 18.1. The van der Waals surface area contributed by atoms with Crippen molar-refractivity contribution in [2.24, 2.45) is 0 Å². The number of nitrogens with one attached hydrogen (secondary N) is 1. The Balaban J connectivity index is 1.96. The summed E-state index contributed by atoms with van der Waals surface area (Å²) in [5, 5.41) is 23.5. The molecule has 0 bridgehead atoms. The first kappa shape index (κ1) is 16.6. The quantitative estimate of drug-likeness (QED) is 0.380. The predicted octanol–water partition coefficient (Wildman–Crippen LogP) is 2.87. The number of hydrogen-bond acceptors (Lipinski definition) is 5. The van der Waals surface area contributed by atoms with E-state index in [9.17, 15) is 20.0 Å². The van der Waals surface area contributed by atoms with Crippen LogP contribution in [0, 0.1) is 17.0 Å². The second kappa shape index (κ2) is 6.33. The molecule has 1 heterocycles. The first-order chi connectivity index (χ1) is 11.9. The van der Waals surface area contributed by atoms with Crippen LogP contribution in [0.1, 0.15) is 11.1 Å². The molecule has 2 N–H and O–H groups in total. The summed E-state index contributed by atoms with van der Waals surface area (Å²) in [6.45, 7) is 1.91. The van der Waals surface area contributed by atoms with Crippen LogP contribution >= 0.6 is 12.2 Å². The van der Waals surface area contributed by atoms with Crippen molar-refractivity contribution in [2.75, 3.05) is 4.90 Å². The number of nitro groups is 1. The van der Waals surface area contributed by atoms with Crippen molar-refractivity contribution in [3.05, 3.63) is 69.4 Å². The molecule has 7 nitrogen and oxygen atoms in total. The van der Waals surface area contributed by atoms with Gasteiger partial charge in [-0.15, -0.1) is 0 Å². The highest BCUT2D eigenvalue weighted by atomic mass is 32.1. The molecule has 2 aromatic rings. The van der Waals surface area contributed by atoms with E-state index >= 15 is 0 Å². The topological polar surface area (TPSA) is 95.7 Å². The fraction of sp³-hybridized carbons (Fsp3) is 0.0588. The average Bonchev–Trinajstić information content (AvgIpc) is 2.83. The Kier molecular flexibility index (Phi) is 4.20. The number of amides is 1. The van der Waals surface area contributed by atoms with E-state index < -0.39 is 16.4 Å². The molecule has 1 amide bonds. The minimum absolute atomic E-state index is 0.200. The molecule has 2 aromatic carbocycles. The van der Waals surface area contributed by atoms with Crippen LogP contribution < -0.4 is 10.2 Å². The fourth-order valence-corrected chi connectivity index (χ4v) is 2.78. The van der Waals surface area contributed by atoms with Crippen molar-refractivity contribution in [3.63, 3.8) is 0 Å². The smallest absolute Gasteiger partial charge is 0.311 e. The Bertz CT molecular complexity index is 939. The van der Waals surface area contributed by atoms with Gasteiger partial charge in [0.25, 0.3) is 5.91 Å². The van der Waals surface area contributed by atoms with Crippen molar-refractivity contribution >= 4 is 40.7 Å². The molecule has 0 atom stereocenters. The Labute approximate surface area is 148 Å². The number of nitro benzene ring substituents is 1. The zero-order valence-corrected chi connectivity index (χ0v) is 13.9. The van der Waals surface area contributed by atoms with Gasteiger partial charge in [0, 0.05) is 6.07 Å². The van der Waals surface area contributed by atoms with Gasteiger partial charge in [-0.25, -0.2) is 0 Å². The van der Waals surface area contributed by atoms with Crippen LogP contribution in [0.2, 0.25) is 0 Å². The van der Waals surface area contributed by atoms with E-state index in [4.69, 9.17) is 12.2 Å². The van der Waals surface area contributed by atoms with Crippen LogP contribution in [0.3, 0.4) is 0 Å².